The topological polar surface area (TPSA) is 81.3 Å². The van der Waals surface area contributed by atoms with E-state index in [9.17, 15) is 9.90 Å². The van der Waals surface area contributed by atoms with Gasteiger partial charge in [-0.25, -0.2) is 4.79 Å². The monoisotopic (exact) mass is 249 g/mol. The van der Waals surface area contributed by atoms with E-state index in [1.807, 2.05) is 0 Å². The maximum atomic E-state index is 10.1. The largest absolute Gasteiger partial charge is 0.477 e. The van der Waals surface area contributed by atoms with Crippen LogP contribution in [0.3, 0.4) is 0 Å². The third-order valence-electron chi connectivity index (χ3n) is 4.40. The van der Waals surface area contributed by atoms with E-state index < -0.39 is 11.5 Å². The predicted octanol–water partition coefficient (Wildman–Crippen LogP) is 2.10. The van der Waals surface area contributed by atoms with Crippen molar-refractivity contribution >= 4 is 5.97 Å². The van der Waals surface area contributed by atoms with Crippen molar-refractivity contribution in [2.24, 2.45) is 17.8 Å². The van der Waals surface area contributed by atoms with Gasteiger partial charge >= 0.3 is 5.97 Å². The summed E-state index contributed by atoms with van der Waals surface area (Å²) in [6, 6.07) is 1.37. The molecule has 4 fully saturated rings. The summed E-state index contributed by atoms with van der Waals surface area (Å²) < 4.78 is 0. The molecule has 4 rings (SSSR count). The minimum Gasteiger partial charge on any atom is -0.477 e. The Morgan fingerprint density at radius 3 is 1.72 bits per heavy atom. The van der Waals surface area contributed by atoms with Gasteiger partial charge in [-0.1, -0.05) is 6.58 Å². The average molecular weight is 249 g/mol. The van der Waals surface area contributed by atoms with E-state index in [4.69, 9.17) is 10.4 Å². The van der Waals surface area contributed by atoms with Gasteiger partial charge in [0.25, 0.3) is 0 Å². The number of rotatable bonds is 1. The zero-order valence-electron chi connectivity index (χ0n) is 10.4. The van der Waals surface area contributed by atoms with Gasteiger partial charge in [-0.3, -0.25) is 0 Å². The second-order valence-corrected chi connectivity index (χ2v) is 6.04. The first-order chi connectivity index (χ1) is 8.42. The molecule has 98 valence electrons. The summed E-state index contributed by atoms with van der Waals surface area (Å²) in [4.78, 5) is 9.61. The second kappa shape index (κ2) is 4.74. The Morgan fingerprint density at radius 1 is 1.17 bits per heavy atom. The van der Waals surface area contributed by atoms with Crippen molar-refractivity contribution in [3.8, 4) is 6.07 Å². The first-order valence-electron chi connectivity index (χ1n) is 6.46. The summed E-state index contributed by atoms with van der Waals surface area (Å²) in [6.45, 7) is 2.91. The zero-order valence-corrected chi connectivity index (χ0v) is 10.4. The van der Waals surface area contributed by atoms with Crippen molar-refractivity contribution in [3.05, 3.63) is 12.2 Å². The Labute approximate surface area is 107 Å². The van der Waals surface area contributed by atoms with E-state index in [0.717, 1.165) is 37.0 Å². The van der Waals surface area contributed by atoms with Crippen molar-refractivity contribution in [3.63, 3.8) is 0 Å². The van der Waals surface area contributed by atoms with Crippen LogP contribution >= 0.6 is 0 Å². The van der Waals surface area contributed by atoms with Crippen molar-refractivity contribution in [2.45, 2.75) is 44.1 Å². The lowest BCUT2D eigenvalue weighted by molar-refractivity contribution is -0.132. The number of carbonyl (C=O) groups is 1. The molecule has 0 saturated heterocycles. The molecule has 0 aromatic heterocycles. The van der Waals surface area contributed by atoms with Gasteiger partial charge in [0.2, 0.25) is 0 Å². The number of carboxylic acid groups (broad SMARTS) is 1. The van der Waals surface area contributed by atoms with Crippen LogP contribution in [0.15, 0.2) is 12.2 Å². The highest BCUT2D eigenvalue weighted by molar-refractivity contribution is 5.90. The zero-order chi connectivity index (χ0) is 13.3. The van der Waals surface area contributed by atoms with Gasteiger partial charge in [0.05, 0.1) is 5.60 Å². The van der Waals surface area contributed by atoms with Gasteiger partial charge in [0.15, 0.2) is 0 Å². The standard InChI is InChI=1S/C10H16O.C4H3NO2/c11-10-4-7-1-8(5-10)3-9(2-7)6-10;1-3(2-5)4(6)7/h7-9,11H,1-6H2;1H2,(H,6,7). The molecule has 2 N–H and O–H groups in total. The van der Waals surface area contributed by atoms with E-state index in [-0.39, 0.29) is 5.60 Å². The summed E-state index contributed by atoms with van der Waals surface area (Å²) in [5.74, 6) is 1.42. The molecule has 4 heteroatoms. The van der Waals surface area contributed by atoms with Gasteiger partial charge in [0.1, 0.15) is 11.6 Å². The van der Waals surface area contributed by atoms with Crippen LogP contribution in [-0.2, 0) is 4.79 Å². The average Bonchev–Trinajstić information content (AvgIpc) is 2.25. The molecule has 0 aromatic rings. The first-order valence-corrected chi connectivity index (χ1v) is 6.46. The minimum absolute atomic E-state index is 0.200. The fourth-order valence-electron chi connectivity index (χ4n) is 4.11. The van der Waals surface area contributed by atoms with E-state index in [2.05, 4.69) is 6.58 Å². The number of nitrogens with zero attached hydrogens (tertiary/aromatic N) is 1. The summed E-state index contributed by atoms with van der Waals surface area (Å²) in [5, 5.41) is 25.7. The molecule has 4 aliphatic carbocycles. The minimum atomic E-state index is -1.26. The van der Waals surface area contributed by atoms with E-state index in [1.54, 1.807) is 0 Å². The number of aliphatic carboxylic acids is 1. The van der Waals surface area contributed by atoms with Crippen LogP contribution in [0.4, 0.5) is 0 Å². The number of hydrogen-bond acceptors (Lipinski definition) is 3. The predicted molar refractivity (Wildman–Crippen MR) is 65.5 cm³/mol. The first kappa shape index (κ1) is 13.1. The third-order valence-corrected chi connectivity index (χ3v) is 4.40. The Balaban J connectivity index is 0.000000152. The number of carboxylic acids is 1. The molecule has 0 heterocycles. The van der Waals surface area contributed by atoms with Crippen LogP contribution in [0.1, 0.15) is 38.5 Å². The van der Waals surface area contributed by atoms with Crippen LogP contribution in [0.2, 0.25) is 0 Å². The van der Waals surface area contributed by atoms with Crippen LogP contribution in [0.25, 0.3) is 0 Å². The maximum Gasteiger partial charge on any atom is 0.345 e. The smallest absolute Gasteiger partial charge is 0.345 e. The molecule has 0 aromatic carbocycles. The van der Waals surface area contributed by atoms with Gasteiger partial charge < -0.3 is 10.2 Å². The van der Waals surface area contributed by atoms with Gasteiger partial charge in [0, 0.05) is 0 Å². The lowest BCUT2D eigenvalue weighted by Crippen LogP contribution is -2.50. The normalized spacial score (nSPS) is 39.4. The molecule has 0 spiro atoms. The molecular formula is C14H19NO3. The third kappa shape index (κ3) is 2.73. The number of nitriles is 1. The number of aliphatic hydroxyl groups is 1. The van der Waals surface area contributed by atoms with Gasteiger partial charge in [-0.2, -0.15) is 5.26 Å². The molecule has 4 bridgehead atoms. The summed E-state index contributed by atoms with van der Waals surface area (Å²) >= 11 is 0. The molecule has 4 aliphatic rings. The van der Waals surface area contributed by atoms with Gasteiger partial charge in [-0.05, 0) is 56.3 Å². The highest BCUT2D eigenvalue weighted by atomic mass is 16.4. The SMILES string of the molecule is C=C(C#N)C(=O)O.OC12CC3CC(CC(C3)C1)C2. The quantitative estimate of drug-likeness (QED) is 0.550. The molecule has 18 heavy (non-hydrogen) atoms. The molecule has 0 unspecified atom stereocenters. The molecule has 0 amide bonds. The molecule has 4 nitrogen and oxygen atoms in total. The fraction of sp³-hybridized carbons (Fsp3) is 0.714. The van der Waals surface area contributed by atoms with Crippen LogP contribution in [0, 0.1) is 29.1 Å². The number of hydrogen-bond donors (Lipinski definition) is 2. The molecule has 0 aliphatic heterocycles. The molecule has 0 atom stereocenters. The van der Waals surface area contributed by atoms with E-state index >= 15 is 0 Å². The Bertz CT molecular complexity index is 372. The fourth-order valence-corrected chi connectivity index (χ4v) is 4.11. The van der Waals surface area contributed by atoms with Crippen LogP contribution < -0.4 is 0 Å². The lowest BCUT2D eigenvalue weighted by Gasteiger charge is -2.54. The summed E-state index contributed by atoms with van der Waals surface area (Å²) in [5.41, 5.74) is -0.630. The maximum absolute atomic E-state index is 10.1. The highest BCUT2D eigenvalue weighted by Gasteiger charge is 2.49. The molecule has 0 radical (unpaired) electrons. The van der Waals surface area contributed by atoms with Crippen LogP contribution in [-0.4, -0.2) is 21.8 Å². The van der Waals surface area contributed by atoms with Crippen molar-refractivity contribution in [1.29, 1.82) is 5.26 Å². The highest BCUT2D eigenvalue weighted by Crippen LogP contribution is 2.55. The van der Waals surface area contributed by atoms with Gasteiger partial charge in [-0.15, -0.1) is 0 Å². The Morgan fingerprint density at radius 2 is 1.56 bits per heavy atom. The van der Waals surface area contributed by atoms with Crippen molar-refractivity contribution in [1.82, 2.24) is 0 Å². The van der Waals surface area contributed by atoms with Crippen molar-refractivity contribution in [2.75, 3.05) is 0 Å². The molecule has 4 saturated carbocycles. The molecular weight excluding hydrogens is 230 g/mol. The van der Waals surface area contributed by atoms with Crippen LogP contribution in [0.5, 0.6) is 0 Å². The summed E-state index contributed by atoms with van der Waals surface area (Å²) in [6.07, 6.45) is 7.66. The van der Waals surface area contributed by atoms with E-state index in [1.165, 1.54) is 25.3 Å². The summed E-state index contributed by atoms with van der Waals surface area (Å²) in [7, 11) is 0. The Kier molecular flexibility index (Phi) is 3.45. The van der Waals surface area contributed by atoms with E-state index in [0.29, 0.717) is 0 Å². The van der Waals surface area contributed by atoms with Crippen molar-refractivity contribution < 1.29 is 15.0 Å². The second-order valence-electron chi connectivity index (χ2n) is 6.04. The Hall–Kier alpha value is -1.34. The lowest BCUT2D eigenvalue weighted by atomic mass is 9.54.